The molecule has 9 heavy (non-hydrogen) atoms. The van der Waals surface area contributed by atoms with Crippen molar-refractivity contribution in [2.45, 2.75) is 19.6 Å². The van der Waals surface area contributed by atoms with Crippen molar-refractivity contribution in [3.05, 3.63) is 0 Å². The molecule has 0 aliphatic carbocycles. The molecule has 0 saturated carbocycles. The first-order valence-corrected chi connectivity index (χ1v) is 6.77. The van der Waals surface area contributed by atoms with Gasteiger partial charge in [-0.3, -0.25) is 0 Å². The van der Waals surface area contributed by atoms with Gasteiger partial charge in [0.2, 0.25) is 0 Å². The van der Waals surface area contributed by atoms with E-state index in [1.165, 1.54) is 0 Å². The third-order valence-electron chi connectivity index (χ3n) is 0. The van der Waals surface area contributed by atoms with E-state index in [1.54, 1.807) is 0 Å². The number of halogens is 2. The maximum absolute atomic E-state index is 8.66. The molecule has 1 N–H and O–H groups in total. The monoisotopic (exact) mass is 197 g/mol. The first-order valence-electron chi connectivity index (χ1n) is 2.26. The Morgan fingerprint density at radius 3 is 1.22 bits per heavy atom. The second kappa shape index (κ2) is 9.76. The molecule has 0 spiro atoms. The average molecular weight is 198 g/mol. The molecule has 1 radical (unpaired) electrons. The van der Waals surface area contributed by atoms with E-state index in [0.29, 0.717) is 0 Å². The molecule has 0 unspecified atom stereocenters. The molecule has 0 bridgehead atoms. The number of alkyl halides is 2. The SMILES string of the molecule is C[Si](C)(C)O.ClCCl.[Na]. The number of rotatable bonds is 0. The Hall–Kier alpha value is 1.76. The molecule has 0 fully saturated rings. The van der Waals surface area contributed by atoms with Crippen molar-refractivity contribution in [2.24, 2.45) is 0 Å². The zero-order chi connectivity index (χ0) is 7.21. The third-order valence-corrected chi connectivity index (χ3v) is 0. The van der Waals surface area contributed by atoms with Crippen LogP contribution in [0.1, 0.15) is 0 Å². The maximum atomic E-state index is 8.66. The van der Waals surface area contributed by atoms with E-state index < -0.39 is 8.32 Å². The van der Waals surface area contributed by atoms with Crippen LogP contribution < -0.4 is 0 Å². The van der Waals surface area contributed by atoms with Gasteiger partial charge in [0.15, 0.2) is 8.32 Å². The summed E-state index contributed by atoms with van der Waals surface area (Å²) in [5, 5.41) is 0.194. The summed E-state index contributed by atoms with van der Waals surface area (Å²) in [6.07, 6.45) is 0. The Bertz CT molecular complexity index is 42.3. The van der Waals surface area contributed by atoms with Gasteiger partial charge in [0.25, 0.3) is 0 Å². The average Bonchev–Trinajstić information content (AvgIpc) is 1.27. The Balaban J connectivity index is -0.0000000800. The minimum atomic E-state index is -1.61. The summed E-state index contributed by atoms with van der Waals surface area (Å²) in [6, 6.07) is 0. The van der Waals surface area contributed by atoms with Crippen molar-refractivity contribution >= 4 is 61.1 Å². The van der Waals surface area contributed by atoms with Crippen LogP contribution in [0.25, 0.3) is 0 Å². The molecule has 0 atom stereocenters. The first kappa shape index (κ1) is 17.0. The fourth-order valence-corrected chi connectivity index (χ4v) is 0. The first-order chi connectivity index (χ1) is 3.41. The Labute approximate surface area is 90.2 Å². The van der Waals surface area contributed by atoms with E-state index in [4.69, 9.17) is 28.0 Å². The summed E-state index contributed by atoms with van der Waals surface area (Å²) in [6.45, 7) is 5.65. The maximum Gasteiger partial charge on any atom is 0.179 e. The molecule has 0 aromatic heterocycles. The standard InChI is InChI=1S/C3H10OSi.CH2Cl2.Na/c1-5(2,3)4;2-1-3;/h4H,1-3H3;1H2;. The molecule has 53 valence electrons. The molecule has 0 aromatic rings. The number of hydrogen-bond acceptors (Lipinski definition) is 1. The van der Waals surface area contributed by atoms with Gasteiger partial charge < -0.3 is 4.80 Å². The largest absolute Gasteiger partial charge is 0.433 e. The smallest absolute Gasteiger partial charge is 0.179 e. The quantitative estimate of drug-likeness (QED) is 0.465. The van der Waals surface area contributed by atoms with E-state index in [-0.39, 0.29) is 34.9 Å². The van der Waals surface area contributed by atoms with E-state index in [1.807, 2.05) is 19.6 Å². The Kier molecular flexibility index (Phi) is 18.5. The zero-order valence-electron chi connectivity index (χ0n) is 6.41. The van der Waals surface area contributed by atoms with Crippen LogP contribution in [0.15, 0.2) is 0 Å². The summed E-state index contributed by atoms with van der Waals surface area (Å²) in [4.78, 5) is 8.66. The molecule has 1 nitrogen and oxygen atoms in total. The summed E-state index contributed by atoms with van der Waals surface area (Å²) in [5.41, 5.74) is 0. The van der Waals surface area contributed by atoms with Crippen molar-refractivity contribution in [1.82, 2.24) is 0 Å². The van der Waals surface area contributed by atoms with Gasteiger partial charge in [0, 0.05) is 29.6 Å². The molecular weight excluding hydrogens is 186 g/mol. The molecule has 0 aliphatic rings. The predicted molar refractivity (Wildman–Crippen MR) is 47.9 cm³/mol. The van der Waals surface area contributed by atoms with Crippen LogP contribution in [-0.2, 0) is 0 Å². The zero-order valence-corrected chi connectivity index (χ0v) is 10.9. The van der Waals surface area contributed by atoms with Gasteiger partial charge in [-0.2, -0.15) is 0 Å². The van der Waals surface area contributed by atoms with Crippen LogP contribution in [0.5, 0.6) is 0 Å². The molecule has 0 heterocycles. The molecule has 5 heteroatoms. The van der Waals surface area contributed by atoms with Crippen molar-refractivity contribution in [1.29, 1.82) is 0 Å². The van der Waals surface area contributed by atoms with Crippen LogP contribution in [0.2, 0.25) is 19.6 Å². The van der Waals surface area contributed by atoms with Crippen LogP contribution in [0, 0.1) is 0 Å². The molecule has 0 saturated heterocycles. The summed E-state index contributed by atoms with van der Waals surface area (Å²) in [5.74, 6) is 0. The van der Waals surface area contributed by atoms with Gasteiger partial charge in [-0.05, 0) is 19.6 Å². The van der Waals surface area contributed by atoms with Gasteiger partial charge in [-0.15, -0.1) is 23.2 Å². The van der Waals surface area contributed by atoms with Gasteiger partial charge in [0.05, 0.1) is 5.34 Å². The Morgan fingerprint density at radius 1 is 1.22 bits per heavy atom. The van der Waals surface area contributed by atoms with Crippen molar-refractivity contribution in [3.63, 3.8) is 0 Å². The topological polar surface area (TPSA) is 20.2 Å². The fraction of sp³-hybridized carbons (Fsp3) is 1.00. The van der Waals surface area contributed by atoms with Crippen LogP contribution >= 0.6 is 23.2 Å². The Morgan fingerprint density at radius 2 is 1.22 bits per heavy atom. The fourth-order valence-electron chi connectivity index (χ4n) is 0. The van der Waals surface area contributed by atoms with Crippen LogP contribution in [-0.4, -0.2) is 48.0 Å². The number of hydrogen-bond donors (Lipinski definition) is 1. The van der Waals surface area contributed by atoms with E-state index in [2.05, 4.69) is 0 Å². The van der Waals surface area contributed by atoms with Crippen molar-refractivity contribution in [3.8, 4) is 0 Å². The predicted octanol–water partition coefficient (Wildman–Crippen LogP) is 1.85. The van der Waals surface area contributed by atoms with Gasteiger partial charge in [-0.25, -0.2) is 0 Å². The van der Waals surface area contributed by atoms with Gasteiger partial charge in [-0.1, -0.05) is 0 Å². The van der Waals surface area contributed by atoms with E-state index >= 15 is 0 Å². The molecule has 0 aromatic carbocycles. The van der Waals surface area contributed by atoms with Crippen molar-refractivity contribution < 1.29 is 4.80 Å². The third kappa shape index (κ3) is 190. The van der Waals surface area contributed by atoms with Gasteiger partial charge >= 0.3 is 0 Å². The minimum Gasteiger partial charge on any atom is -0.433 e. The van der Waals surface area contributed by atoms with Crippen LogP contribution in [0.3, 0.4) is 0 Å². The second-order valence-electron chi connectivity index (χ2n) is 2.27. The molecule has 0 rings (SSSR count). The molecule has 0 aliphatic heterocycles. The minimum absolute atomic E-state index is 0. The summed E-state index contributed by atoms with van der Waals surface area (Å²) in [7, 11) is -1.61. The normalized spacial score (nSPS) is 8.67. The second-order valence-corrected chi connectivity index (χ2v) is 7.42. The van der Waals surface area contributed by atoms with E-state index in [0.717, 1.165) is 0 Å². The van der Waals surface area contributed by atoms with Crippen molar-refractivity contribution in [2.75, 3.05) is 5.34 Å². The van der Waals surface area contributed by atoms with Crippen LogP contribution in [0.4, 0.5) is 0 Å². The molecule has 0 amide bonds. The van der Waals surface area contributed by atoms with E-state index in [9.17, 15) is 0 Å². The van der Waals surface area contributed by atoms with Gasteiger partial charge in [0.1, 0.15) is 0 Å². The molecular formula is C4H12Cl2NaOSi. The summed E-state index contributed by atoms with van der Waals surface area (Å²) < 4.78 is 0. The summed E-state index contributed by atoms with van der Waals surface area (Å²) >= 11 is 9.53.